The highest BCUT2D eigenvalue weighted by Gasteiger charge is 2.50. The third kappa shape index (κ3) is 2.20. The number of hydrogen-bond donors (Lipinski definition) is 1. The summed E-state index contributed by atoms with van der Waals surface area (Å²) in [5.74, 6) is 1.47. The van der Waals surface area contributed by atoms with E-state index in [0.717, 1.165) is 25.1 Å². The molecular weight excluding hydrogens is 282 g/mol. The highest BCUT2D eigenvalue weighted by molar-refractivity contribution is 7.99. The summed E-state index contributed by atoms with van der Waals surface area (Å²) in [6, 6.07) is 8.58. The quantitative estimate of drug-likeness (QED) is 0.909. The molecule has 112 valence electrons. The topological polar surface area (TPSA) is 40.5 Å². The lowest BCUT2D eigenvalue weighted by Gasteiger charge is -2.36. The smallest absolute Gasteiger partial charge is 0.321 e. The van der Waals surface area contributed by atoms with Crippen molar-refractivity contribution in [3.8, 4) is 0 Å². The van der Waals surface area contributed by atoms with Gasteiger partial charge in [-0.15, -0.1) is 11.8 Å². The molecule has 2 heterocycles. The molecule has 0 aromatic heterocycles. The number of aliphatic carboxylic acids is 1. The molecule has 1 aromatic rings. The summed E-state index contributed by atoms with van der Waals surface area (Å²) >= 11 is 1.91. The van der Waals surface area contributed by atoms with Crippen LogP contribution in [-0.2, 0) is 4.79 Å². The third-order valence-electron chi connectivity index (χ3n) is 5.51. The van der Waals surface area contributed by atoms with E-state index in [1.807, 2.05) is 11.8 Å². The van der Waals surface area contributed by atoms with E-state index in [2.05, 4.69) is 29.2 Å². The molecular formula is C17H21NO2S. The van der Waals surface area contributed by atoms with Gasteiger partial charge in [-0.2, -0.15) is 0 Å². The van der Waals surface area contributed by atoms with Gasteiger partial charge in [0, 0.05) is 17.5 Å². The van der Waals surface area contributed by atoms with Crippen LogP contribution in [-0.4, -0.2) is 34.3 Å². The Hall–Kier alpha value is -1.00. The molecule has 0 spiro atoms. The first-order chi connectivity index (χ1) is 10.3. The molecule has 2 fully saturated rings. The molecule has 1 aliphatic carbocycles. The molecule has 3 aliphatic rings. The fraction of sp³-hybridized carbons (Fsp3) is 0.588. The van der Waals surface area contributed by atoms with Crippen LogP contribution < -0.4 is 0 Å². The highest BCUT2D eigenvalue weighted by atomic mass is 32.2. The van der Waals surface area contributed by atoms with Crippen molar-refractivity contribution in [1.29, 1.82) is 0 Å². The van der Waals surface area contributed by atoms with Gasteiger partial charge in [0.1, 0.15) is 6.04 Å². The van der Waals surface area contributed by atoms with Gasteiger partial charge in [0.15, 0.2) is 0 Å². The molecule has 4 atom stereocenters. The van der Waals surface area contributed by atoms with Gasteiger partial charge in [-0.3, -0.25) is 9.69 Å². The Balaban J connectivity index is 1.69. The number of nitrogens with zero attached hydrogens (tertiary/aromatic N) is 1. The zero-order valence-corrected chi connectivity index (χ0v) is 12.9. The third-order valence-corrected chi connectivity index (χ3v) is 6.63. The largest absolute Gasteiger partial charge is 0.480 e. The normalized spacial score (nSPS) is 35.4. The van der Waals surface area contributed by atoms with Crippen molar-refractivity contribution in [2.75, 3.05) is 12.3 Å². The predicted molar refractivity (Wildman–Crippen MR) is 83.5 cm³/mol. The van der Waals surface area contributed by atoms with Crippen LogP contribution in [0.25, 0.3) is 0 Å². The van der Waals surface area contributed by atoms with E-state index in [1.54, 1.807) is 0 Å². The SMILES string of the molecule is O=C(O)C1C2CCCC2CN1C1CCSc2ccccc21. The summed E-state index contributed by atoms with van der Waals surface area (Å²) in [7, 11) is 0. The maximum Gasteiger partial charge on any atom is 0.321 e. The summed E-state index contributed by atoms with van der Waals surface area (Å²) in [6.07, 6.45) is 4.60. The highest BCUT2D eigenvalue weighted by Crippen LogP contribution is 2.48. The molecule has 0 amide bonds. The molecule has 1 aromatic carbocycles. The van der Waals surface area contributed by atoms with Gasteiger partial charge in [-0.25, -0.2) is 0 Å². The van der Waals surface area contributed by atoms with Crippen LogP contribution in [0.1, 0.15) is 37.3 Å². The van der Waals surface area contributed by atoms with Gasteiger partial charge < -0.3 is 5.11 Å². The first-order valence-electron chi connectivity index (χ1n) is 7.96. The molecule has 0 radical (unpaired) electrons. The van der Waals surface area contributed by atoms with Gasteiger partial charge in [0.25, 0.3) is 0 Å². The number of hydrogen-bond acceptors (Lipinski definition) is 3. The van der Waals surface area contributed by atoms with Crippen LogP contribution in [0, 0.1) is 11.8 Å². The maximum absolute atomic E-state index is 11.9. The average Bonchev–Trinajstić information content (AvgIpc) is 3.06. The predicted octanol–water partition coefficient (Wildman–Crippen LogP) is 3.41. The Morgan fingerprint density at radius 2 is 2.10 bits per heavy atom. The zero-order chi connectivity index (χ0) is 14.4. The second-order valence-electron chi connectivity index (χ2n) is 6.53. The number of carbonyl (C=O) groups is 1. The summed E-state index contributed by atoms with van der Waals surface area (Å²) < 4.78 is 0. The van der Waals surface area contributed by atoms with Crippen molar-refractivity contribution < 1.29 is 9.90 Å². The fourth-order valence-corrected chi connectivity index (χ4v) is 5.76. The number of likely N-dealkylation sites (tertiary alicyclic amines) is 1. The van der Waals surface area contributed by atoms with Crippen LogP contribution in [0.2, 0.25) is 0 Å². The Labute approximate surface area is 129 Å². The molecule has 2 aliphatic heterocycles. The van der Waals surface area contributed by atoms with E-state index in [-0.39, 0.29) is 6.04 Å². The number of carboxylic acids is 1. The van der Waals surface area contributed by atoms with Crippen LogP contribution in [0.15, 0.2) is 29.2 Å². The van der Waals surface area contributed by atoms with E-state index < -0.39 is 5.97 Å². The molecule has 4 rings (SSSR count). The first-order valence-corrected chi connectivity index (χ1v) is 8.94. The minimum absolute atomic E-state index is 0.265. The van der Waals surface area contributed by atoms with Crippen molar-refractivity contribution >= 4 is 17.7 Å². The van der Waals surface area contributed by atoms with Crippen LogP contribution >= 0.6 is 11.8 Å². The molecule has 1 N–H and O–H groups in total. The summed E-state index contributed by atoms with van der Waals surface area (Å²) in [6.45, 7) is 0.977. The van der Waals surface area contributed by atoms with Gasteiger partial charge in [0.2, 0.25) is 0 Å². The Kier molecular flexibility index (Phi) is 3.46. The number of thioether (sulfide) groups is 1. The van der Waals surface area contributed by atoms with Gasteiger partial charge in [-0.1, -0.05) is 24.6 Å². The van der Waals surface area contributed by atoms with Crippen molar-refractivity contribution in [2.24, 2.45) is 11.8 Å². The number of fused-ring (bicyclic) bond motifs is 2. The molecule has 21 heavy (non-hydrogen) atoms. The van der Waals surface area contributed by atoms with E-state index in [1.165, 1.54) is 23.3 Å². The van der Waals surface area contributed by atoms with Crippen molar-refractivity contribution in [2.45, 2.75) is 42.7 Å². The van der Waals surface area contributed by atoms with E-state index in [0.29, 0.717) is 17.9 Å². The monoisotopic (exact) mass is 303 g/mol. The molecule has 4 unspecified atom stereocenters. The molecule has 1 saturated carbocycles. The lowest BCUT2D eigenvalue weighted by molar-refractivity contribution is -0.144. The summed E-state index contributed by atoms with van der Waals surface area (Å²) in [5, 5.41) is 9.76. The average molecular weight is 303 g/mol. The Morgan fingerprint density at radius 3 is 2.95 bits per heavy atom. The second kappa shape index (κ2) is 5.33. The molecule has 0 bridgehead atoms. The summed E-state index contributed by atoms with van der Waals surface area (Å²) in [5.41, 5.74) is 1.35. The Bertz CT molecular complexity index is 561. The number of rotatable bonds is 2. The maximum atomic E-state index is 11.9. The van der Waals surface area contributed by atoms with E-state index in [9.17, 15) is 9.90 Å². The first kappa shape index (κ1) is 13.6. The lowest BCUT2D eigenvalue weighted by atomic mass is 9.93. The van der Waals surface area contributed by atoms with Gasteiger partial charge in [-0.05, 0) is 48.5 Å². The molecule has 3 nitrogen and oxygen atoms in total. The fourth-order valence-electron chi connectivity index (χ4n) is 4.65. The minimum Gasteiger partial charge on any atom is -0.480 e. The van der Waals surface area contributed by atoms with Crippen molar-refractivity contribution in [3.63, 3.8) is 0 Å². The van der Waals surface area contributed by atoms with Gasteiger partial charge in [0.05, 0.1) is 0 Å². The van der Waals surface area contributed by atoms with Crippen molar-refractivity contribution in [3.05, 3.63) is 29.8 Å². The van der Waals surface area contributed by atoms with Crippen LogP contribution in [0.5, 0.6) is 0 Å². The van der Waals surface area contributed by atoms with Crippen molar-refractivity contribution in [1.82, 2.24) is 4.90 Å². The molecule has 1 saturated heterocycles. The van der Waals surface area contributed by atoms with Crippen LogP contribution in [0.4, 0.5) is 0 Å². The van der Waals surface area contributed by atoms with Gasteiger partial charge >= 0.3 is 5.97 Å². The second-order valence-corrected chi connectivity index (χ2v) is 7.66. The van der Waals surface area contributed by atoms with Crippen LogP contribution in [0.3, 0.4) is 0 Å². The lowest BCUT2D eigenvalue weighted by Crippen LogP contribution is -2.42. The summed E-state index contributed by atoms with van der Waals surface area (Å²) in [4.78, 5) is 15.5. The van der Waals surface area contributed by atoms with E-state index in [4.69, 9.17) is 0 Å². The standard InChI is InChI=1S/C17H21NO2S/c19-17(20)16-12-6-3-4-11(12)10-18(16)14-8-9-21-15-7-2-1-5-13(14)15/h1-2,5,7,11-12,14,16H,3-4,6,8-10H2,(H,19,20). The zero-order valence-electron chi connectivity index (χ0n) is 12.1. The Morgan fingerprint density at radius 1 is 1.24 bits per heavy atom. The number of benzene rings is 1. The minimum atomic E-state index is -0.611. The molecule has 4 heteroatoms. The van der Waals surface area contributed by atoms with E-state index >= 15 is 0 Å². The number of carboxylic acid groups (broad SMARTS) is 1.